The highest BCUT2D eigenvalue weighted by molar-refractivity contribution is 6.08. The second-order valence-corrected chi connectivity index (χ2v) is 6.41. The van der Waals surface area contributed by atoms with Crippen LogP contribution >= 0.6 is 0 Å². The number of carbonyl (C=O) groups is 1. The topological polar surface area (TPSA) is 55.0 Å². The van der Waals surface area contributed by atoms with Crippen LogP contribution in [-0.4, -0.2) is 15.9 Å². The normalized spacial score (nSPS) is 18.0. The van der Waals surface area contributed by atoms with Gasteiger partial charge in [0.1, 0.15) is 11.6 Å². The summed E-state index contributed by atoms with van der Waals surface area (Å²) in [4.78, 5) is 20.2. The highest BCUT2D eigenvalue weighted by Crippen LogP contribution is 2.41. The van der Waals surface area contributed by atoms with E-state index >= 15 is 0 Å². The first-order valence-corrected chi connectivity index (χ1v) is 7.92. The maximum Gasteiger partial charge on any atom is 0.314 e. The Morgan fingerprint density at radius 2 is 1.91 bits per heavy atom. The molecule has 110 valence electrons. The number of imidazole rings is 1. The lowest BCUT2D eigenvalue weighted by Crippen LogP contribution is -2.10. The molecule has 0 bridgehead atoms. The van der Waals surface area contributed by atoms with E-state index < -0.39 is 0 Å². The maximum absolute atomic E-state index is 12.0. The number of hydrogen-bond donors (Lipinski definition) is 1. The van der Waals surface area contributed by atoms with Crippen LogP contribution < -0.4 is 4.74 Å². The molecular formula is C18H16N2O2. The molecule has 0 atom stereocenters. The van der Waals surface area contributed by atoms with Crippen molar-refractivity contribution in [3.63, 3.8) is 0 Å². The molecule has 1 aromatic heterocycles. The highest BCUT2D eigenvalue weighted by Gasteiger charge is 2.32. The van der Waals surface area contributed by atoms with Crippen molar-refractivity contribution in [1.29, 1.82) is 0 Å². The number of H-pyrrole nitrogens is 1. The highest BCUT2D eigenvalue weighted by atomic mass is 16.5. The Morgan fingerprint density at radius 1 is 1.14 bits per heavy atom. The van der Waals surface area contributed by atoms with E-state index in [0.29, 0.717) is 11.7 Å². The van der Waals surface area contributed by atoms with Crippen molar-refractivity contribution in [2.75, 3.05) is 0 Å². The van der Waals surface area contributed by atoms with Crippen molar-refractivity contribution in [1.82, 2.24) is 9.97 Å². The maximum atomic E-state index is 12.0. The zero-order chi connectivity index (χ0) is 14.7. The minimum Gasteiger partial charge on any atom is -0.426 e. The number of esters is 1. The van der Waals surface area contributed by atoms with Gasteiger partial charge in [-0.15, -0.1) is 0 Å². The van der Waals surface area contributed by atoms with E-state index in [2.05, 4.69) is 4.98 Å². The van der Waals surface area contributed by atoms with Crippen LogP contribution in [-0.2, 0) is 4.79 Å². The molecular weight excluding hydrogens is 276 g/mol. The molecule has 2 saturated carbocycles. The van der Waals surface area contributed by atoms with Gasteiger partial charge in [-0.05, 0) is 25.7 Å². The number of nitrogens with zero attached hydrogens (tertiary/aromatic N) is 1. The van der Waals surface area contributed by atoms with E-state index in [4.69, 9.17) is 9.72 Å². The molecule has 3 aromatic rings. The zero-order valence-corrected chi connectivity index (χ0v) is 12.1. The SMILES string of the molecule is O=C(Oc1cc2[nH]c(C3CC3)nc2c2ccccc12)C1CC1. The summed E-state index contributed by atoms with van der Waals surface area (Å²) >= 11 is 0. The van der Waals surface area contributed by atoms with Gasteiger partial charge in [-0.3, -0.25) is 4.79 Å². The summed E-state index contributed by atoms with van der Waals surface area (Å²) in [6.07, 6.45) is 4.33. The minimum atomic E-state index is -0.105. The van der Waals surface area contributed by atoms with Crippen LogP contribution in [0.5, 0.6) is 5.75 Å². The molecule has 1 heterocycles. The number of benzene rings is 2. The third-order valence-electron chi connectivity index (χ3n) is 4.56. The molecule has 4 heteroatoms. The van der Waals surface area contributed by atoms with Gasteiger partial charge in [0.2, 0.25) is 0 Å². The Bertz CT molecular complexity index is 904. The number of aromatic amines is 1. The van der Waals surface area contributed by atoms with Gasteiger partial charge in [0.15, 0.2) is 0 Å². The lowest BCUT2D eigenvalue weighted by Gasteiger charge is -2.08. The van der Waals surface area contributed by atoms with Gasteiger partial charge in [0.25, 0.3) is 0 Å². The Labute approximate surface area is 127 Å². The monoisotopic (exact) mass is 292 g/mol. The van der Waals surface area contributed by atoms with Crippen LogP contribution in [0.3, 0.4) is 0 Å². The lowest BCUT2D eigenvalue weighted by atomic mass is 10.1. The summed E-state index contributed by atoms with van der Waals surface area (Å²) in [5, 5.41) is 2.00. The standard InChI is InChI=1S/C18H16N2O2/c21-18(11-7-8-11)22-15-9-14-16(13-4-2-1-3-12(13)15)20-17(19-14)10-5-6-10/h1-4,9-11H,5-8H2,(H,19,20). The number of nitrogens with one attached hydrogen (secondary N) is 1. The summed E-state index contributed by atoms with van der Waals surface area (Å²) in [7, 11) is 0. The van der Waals surface area contributed by atoms with Crippen molar-refractivity contribution in [3.05, 3.63) is 36.2 Å². The zero-order valence-electron chi connectivity index (χ0n) is 12.1. The van der Waals surface area contributed by atoms with E-state index in [0.717, 1.165) is 40.5 Å². The molecule has 0 amide bonds. The van der Waals surface area contributed by atoms with Gasteiger partial charge in [0, 0.05) is 22.8 Å². The number of carbonyl (C=O) groups excluding carboxylic acids is 1. The Balaban J connectivity index is 1.70. The summed E-state index contributed by atoms with van der Waals surface area (Å²) in [6, 6.07) is 9.94. The van der Waals surface area contributed by atoms with Crippen LogP contribution in [0.4, 0.5) is 0 Å². The lowest BCUT2D eigenvalue weighted by molar-refractivity contribution is -0.135. The van der Waals surface area contributed by atoms with Gasteiger partial charge in [-0.25, -0.2) is 4.98 Å². The molecule has 1 N–H and O–H groups in total. The molecule has 2 aliphatic rings. The van der Waals surface area contributed by atoms with Gasteiger partial charge < -0.3 is 9.72 Å². The Morgan fingerprint density at radius 3 is 2.64 bits per heavy atom. The quantitative estimate of drug-likeness (QED) is 0.588. The molecule has 5 rings (SSSR count). The van der Waals surface area contributed by atoms with Gasteiger partial charge in [-0.2, -0.15) is 0 Å². The summed E-state index contributed by atoms with van der Waals surface area (Å²) < 4.78 is 5.66. The van der Waals surface area contributed by atoms with Gasteiger partial charge >= 0.3 is 5.97 Å². The Kier molecular flexibility index (Phi) is 2.40. The predicted octanol–water partition coefficient (Wildman–Crippen LogP) is 3.91. The van der Waals surface area contributed by atoms with Crippen LogP contribution in [0.15, 0.2) is 30.3 Å². The molecule has 2 aromatic carbocycles. The van der Waals surface area contributed by atoms with Crippen molar-refractivity contribution in [2.45, 2.75) is 31.6 Å². The molecule has 22 heavy (non-hydrogen) atoms. The third kappa shape index (κ3) is 1.90. The van der Waals surface area contributed by atoms with Crippen LogP contribution in [0.25, 0.3) is 21.8 Å². The number of fused-ring (bicyclic) bond motifs is 3. The number of hydrogen-bond acceptors (Lipinski definition) is 3. The molecule has 0 radical (unpaired) electrons. The predicted molar refractivity (Wildman–Crippen MR) is 83.9 cm³/mol. The Hall–Kier alpha value is -2.36. The summed E-state index contributed by atoms with van der Waals surface area (Å²) in [5.74, 6) is 2.27. The van der Waals surface area contributed by atoms with Crippen molar-refractivity contribution < 1.29 is 9.53 Å². The summed E-state index contributed by atoms with van der Waals surface area (Å²) in [5.41, 5.74) is 1.93. The minimum absolute atomic E-state index is 0.0956. The molecule has 4 nitrogen and oxygen atoms in total. The number of aromatic nitrogens is 2. The second kappa shape index (κ2) is 4.32. The van der Waals surface area contributed by atoms with Crippen molar-refractivity contribution >= 4 is 27.8 Å². The van der Waals surface area contributed by atoms with E-state index in [1.165, 1.54) is 12.8 Å². The first-order valence-electron chi connectivity index (χ1n) is 7.92. The van der Waals surface area contributed by atoms with Gasteiger partial charge in [-0.1, -0.05) is 24.3 Å². The molecule has 0 aliphatic heterocycles. The average molecular weight is 292 g/mol. The first-order chi connectivity index (χ1) is 10.8. The van der Waals surface area contributed by atoms with Crippen LogP contribution in [0.2, 0.25) is 0 Å². The van der Waals surface area contributed by atoms with Crippen molar-refractivity contribution in [2.24, 2.45) is 5.92 Å². The van der Waals surface area contributed by atoms with E-state index in [9.17, 15) is 4.79 Å². The molecule has 0 saturated heterocycles. The molecule has 2 aliphatic carbocycles. The fourth-order valence-corrected chi connectivity index (χ4v) is 2.97. The van der Waals surface area contributed by atoms with Crippen LogP contribution in [0.1, 0.15) is 37.4 Å². The van der Waals surface area contributed by atoms with E-state index in [1.54, 1.807) is 0 Å². The largest absolute Gasteiger partial charge is 0.426 e. The van der Waals surface area contributed by atoms with Crippen molar-refractivity contribution in [3.8, 4) is 5.75 Å². The van der Waals surface area contributed by atoms with Crippen LogP contribution in [0, 0.1) is 5.92 Å². The average Bonchev–Trinajstić information content (AvgIpc) is 3.43. The molecule has 0 spiro atoms. The summed E-state index contributed by atoms with van der Waals surface area (Å²) in [6.45, 7) is 0. The smallest absolute Gasteiger partial charge is 0.314 e. The first kappa shape index (κ1) is 12.2. The second-order valence-electron chi connectivity index (χ2n) is 6.41. The van der Waals surface area contributed by atoms with E-state index in [-0.39, 0.29) is 11.9 Å². The number of ether oxygens (including phenoxy) is 1. The molecule has 0 unspecified atom stereocenters. The molecule has 2 fully saturated rings. The fourth-order valence-electron chi connectivity index (χ4n) is 2.97. The third-order valence-corrected chi connectivity index (χ3v) is 4.56. The van der Waals surface area contributed by atoms with Gasteiger partial charge in [0.05, 0.1) is 17.0 Å². The van der Waals surface area contributed by atoms with E-state index in [1.807, 2.05) is 30.3 Å². The number of rotatable bonds is 3. The fraction of sp³-hybridized carbons (Fsp3) is 0.333.